The Balaban J connectivity index is 2.31. The number of nitrogens with two attached hydrogens (primary N) is 1. The Kier molecular flexibility index (Phi) is 3.01. The fourth-order valence-electron chi connectivity index (χ4n) is 1.46. The maximum atomic E-state index is 5.82. The van der Waals surface area contributed by atoms with Crippen LogP contribution in [-0.2, 0) is 0 Å². The number of aryl methyl sites for hydroxylation is 1. The van der Waals surface area contributed by atoms with Crippen LogP contribution in [0, 0.1) is 6.92 Å². The number of hydrogen-bond donors (Lipinski definition) is 1. The van der Waals surface area contributed by atoms with Gasteiger partial charge in [0, 0.05) is 5.56 Å². The third-order valence-corrected chi connectivity index (χ3v) is 2.48. The van der Waals surface area contributed by atoms with Crippen molar-refractivity contribution >= 4 is 0 Å². The third-order valence-electron chi connectivity index (χ3n) is 2.48. The highest BCUT2D eigenvalue weighted by atomic mass is 16.5. The van der Waals surface area contributed by atoms with Gasteiger partial charge in [-0.25, -0.2) is 0 Å². The van der Waals surface area contributed by atoms with Crippen LogP contribution in [0.4, 0.5) is 0 Å². The molecule has 0 aliphatic rings. The first-order chi connectivity index (χ1) is 7.70. The lowest BCUT2D eigenvalue weighted by atomic mass is 10.1. The molecule has 0 saturated heterocycles. The molecule has 4 heteroatoms. The van der Waals surface area contributed by atoms with E-state index >= 15 is 0 Å². The lowest BCUT2D eigenvalue weighted by Crippen LogP contribution is -2.08. The minimum Gasteiger partial charge on any atom is -0.337 e. The number of benzene rings is 1. The highest BCUT2D eigenvalue weighted by Gasteiger charge is 2.13. The molecule has 1 aromatic carbocycles. The van der Waals surface area contributed by atoms with Gasteiger partial charge in [-0.15, -0.1) is 0 Å². The highest BCUT2D eigenvalue weighted by Crippen LogP contribution is 2.19. The van der Waals surface area contributed by atoms with Crippen molar-refractivity contribution < 1.29 is 4.52 Å². The molecule has 2 rings (SSSR count). The van der Waals surface area contributed by atoms with E-state index in [9.17, 15) is 0 Å². The molecule has 0 spiro atoms. The van der Waals surface area contributed by atoms with Crippen molar-refractivity contribution in [1.82, 2.24) is 10.1 Å². The summed E-state index contributed by atoms with van der Waals surface area (Å²) in [5.41, 5.74) is 7.95. The van der Waals surface area contributed by atoms with E-state index in [1.165, 1.54) is 5.56 Å². The van der Waals surface area contributed by atoms with Crippen molar-refractivity contribution in [3.63, 3.8) is 0 Å². The zero-order valence-electron chi connectivity index (χ0n) is 9.47. The monoisotopic (exact) mass is 217 g/mol. The molecule has 2 N–H and O–H groups in total. The Hall–Kier alpha value is -1.68. The fourth-order valence-corrected chi connectivity index (χ4v) is 1.46. The SMILES string of the molecule is CC[C@@H](N)c1nc(-c2cccc(C)c2)no1. The Morgan fingerprint density at radius 1 is 1.44 bits per heavy atom. The van der Waals surface area contributed by atoms with E-state index in [1.54, 1.807) is 0 Å². The Morgan fingerprint density at radius 2 is 2.25 bits per heavy atom. The van der Waals surface area contributed by atoms with Crippen LogP contribution in [-0.4, -0.2) is 10.1 Å². The van der Waals surface area contributed by atoms with E-state index in [1.807, 2.05) is 38.1 Å². The summed E-state index contributed by atoms with van der Waals surface area (Å²) in [6, 6.07) is 7.81. The standard InChI is InChI=1S/C12H15N3O/c1-3-10(13)12-14-11(15-16-12)9-6-4-5-8(2)7-9/h4-7,10H,3,13H2,1-2H3/t10-/m1/s1. The highest BCUT2D eigenvalue weighted by molar-refractivity contribution is 5.55. The minimum absolute atomic E-state index is 0.175. The molecule has 0 aliphatic carbocycles. The molecule has 0 unspecified atom stereocenters. The van der Waals surface area contributed by atoms with Gasteiger partial charge in [0.2, 0.25) is 11.7 Å². The predicted molar refractivity (Wildman–Crippen MR) is 61.7 cm³/mol. The Labute approximate surface area is 94.5 Å². The summed E-state index contributed by atoms with van der Waals surface area (Å²) in [7, 11) is 0. The molecule has 0 amide bonds. The van der Waals surface area contributed by atoms with Gasteiger partial charge in [0.25, 0.3) is 0 Å². The van der Waals surface area contributed by atoms with Crippen LogP contribution in [0.2, 0.25) is 0 Å². The van der Waals surface area contributed by atoms with Crippen molar-refractivity contribution in [1.29, 1.82) is 0 Å². The van der Waals surface area contributed by atoms with E-state index in [0.29, 0.717) is 11.7 Å². The number of aromatic nitrogens is 2. The van der Waals surface area contributed by atoms with Gasteiger partial charge in [0.05, 0.1) is 6.04 Å². The number of rotatable bonds is 3. The Morgan fingerprint density at radius 3 is 2.94 bits per heavy atom. The average molecular weight is 217 g/mol. The Bertz CT molecular complexity index is 479. The summed E-state index contributed by atoms with van der Waals surface area (Å²) in [5, 5.41) is 3.93. The molecule has 0 bridgehead atoms. The predicted octanol–water partition coefficient (Wildman–Crippen LogP) is 2.45. The second-order valence-electron chi connectivity index (χ2n) is 3.84. The normalized spacial score (nSPS) is 12.7. The zero-order chi connectivity index (χ0) is 11.5. The molecule has 4 nitrogen and oxygen atoms in total. The molecule has 0 radical (unpaired) electrons. The molecule has 1 atom stereocenters. The maximum absolute atomic E-state index is 5.82. The number of nitrogens with zero attached hydrogens (tertiary/aromatic N) is 2. The van der Waals surface area contributed by atoms with E-state index in [-0.39, 0.29) is 6.04 Å². The third kappa shape index (κ3) is 2.12. The second-order valence-corrected chi connectivity index (χ2v) is 3.84. The van der Waals surface area contributed by atoms with E-state index in [0.717, 1.165) is 12.0 Å². The van der Waals surface area contributed by atoms with Crippen LogP contribution in [0.25, 0.3) is 11.4 Å². The molecule has 1 heterocycles. The second kappa shape index (κ2) is 4.45. The van der Waals surface area contributed by atoms with Gasteiger partial charge in [0.15, 0.2) is 0 Å². The molecule has 1 aromatic heterocycles. The summed E-state index contributed by atoms with van der Waals surface area (Å²) in [4.78, 5) is 4.29. The smallest absolute Gasteiger partial charge is 0.243 e. The summed E-state index contributed by atoms with van der Waals surface area (Å²) in [6.45, 7) is 4.02. The van der Waals surface area contributed by atoms with Crippen molar-refractivity contribution in [2.24, 2.45) is 5.73 Å². The molecule has 0 aliphatic heterocycles. The van der Waals surface area contributed by atoms with Gasteiger partial charge in [-0.05, 0) is 19.4 Å². The minimum atomic E-state index is -0.175. The van der Waals surface area contributed by atoms with Crippen molar-refractivity contribution in [2.75, 3.05) is 0 Å². The number of hydrogen-bond acceptors (Lipinski definition) is 4. The molecule has 0 saturated carbocycles. The first-order valence-corrected chi connectivity index (χ1v) is 5.37. The lowest BCUT2D eigenvalue weighted by molar-refractivity contribution is 0.352. The zero-order valence-corrected chi connectivity index (χ0v) is 9.47. The summed E-state index contributed by atoms with van der Waals surface area (Å²) in [5.74, 6) is 1.10. The van der Waals surface area contributed by atoms with Crippen LogP contribution >= 0.6 is 0 Å². The van der Waals surface area contributed by atoms with Crippen LogP contribution in [0.15, 0.2) is 28.8 Å². The molecule has 2 aromatic rings. The topological polar surface area (TPSA) is 64.9 Å². The lowest BCUT2D eigenvalue weighted by Gasteiger charge is -1.99. The van der Waals surface area contributed by atoms with Gasteiger partial charge >= 0.3 is 0 Å². The van der Waals surface area contributed by atoms with Gasteiger partial charge in [-0.1, -0.05) is 35.8 Å². The molecule has 16 heavy (non-hydrogen) atoms. The van der Waals surface area contributed by atoms with E-state index < -0.39 is 0 Å². The van der Waals surface area contributed by atoms with Crippen LogP contribution in [0.5, 0.6) is 0 Å². The van der Waals surface area contributed by atoms with Gasteiger partial charge in [-0.2, -0.15) is 4.98 Å². The van der Waals surface area contributed by atoms with Crippen molar-refractivity contribution in [2.45, 2.75) is 26.3 Å². The summed E-state index contributed by atoms with van der Waals surface area (Å²) < 4.78 is 5.13. The fraction of sp³-hybridized carbons (Fsp3) is 0.333. The molecule has 84 valence electrons. The van der Waals surface area contributed by atoms with E-state index in [2.05, 4.69) is 10.1 Å². The molecule has 0 fully saturated rings. The van der Waals surface area contributed by atoms with Gasteiger partial charge in [0.1, 0.15) is 0 Å². The van der Waals surface area contributed by atoms with Crippen molar-refractivity contribution in [3.8, 4) is 11.4 Å². The van der Waals surface area contributed by atoms with E-state index in [4.69, 9.17) is 10.3 Å². The van der Waals surface area contributed by atoms with Crippen molar-refractivity contribution in [3.05, 3.63) is 35.7 Å². The van der Waals surface area contributed by atoms with Crippen LogP contribution in [0.3, 0.4) is 0 Å². The molecular weight excluding hydrogens is 202 g/mol. The molecular formula is C12H15N3O. The van der Waals surface area contributed by atoms with Gasteiger partial charge in [-0.3, -0.25) is 0 Å². The van der Waals surface area contributed by atoms with Crippen LogP contribution < -0.4 is 5.73 Å². The maximum Gasteiger partial charge on any atom is 0.243 e. The summed E-state index contributed by atoms with van der Waals surface area (Å²) >= 11 is 0. The average Bonchev–Trinajstić information content (AvgIpc) is 2.77. The first kappa shape index (κ1) is 10.8. The van der Waals surface area contributed by atoms with Gasteiger partial charge < -0.3 is 10.3 Å². The van der Waals surface area contributed by atoms with Crippen LogP contribution in [0.1, 0.15) is 30.8 Å². The quantitative estimate of drug-likeness (QED) is 0.857. The summed E-state index contributed by atoms with van der Waals surface area (Å²) in [6.07, 6.45) is 0.787. The largest absolute Gasteiger partial charge is 0.337 e. The first-order valence-electron chi connectivity index (χ1n) is 5.37.